The molecule has 0 fully saturated rings. The van der Waals surface area contributed by atoms with Gasteiger partial charge in [-0.2, -0.15) is 11.8 Å². The third-order valence-corrected chi connectivity index (χ3v) is 3.68. The zero-order valence-electron chi connectivity index (χ0n) is 9.65. The Morgan fingerprint density at radius 3 is 2.82 bits per heavy atom. The minimum Gasteiger partial charge on any atom is -0.478 e. The van der Waals surface area contributed by atoms with Gasteiger partial charge in [-0.25, -0.2) is 9.18 Å². The van der Waals surface area contributed by atoms with Crippen LogP contribution in [0.2, 0.25) is 0 Å². The van der Waals surface area contributed by atoms with Crippen molar-refractivity contribution in [3.63, 3.8) is 0 Å². The first-order valence-corrected chi connectivity index (χ1v) is 6.49. The van der Waals surface area contributed by atoms with Crippen molar-refractivity contribution in [3.8, 4) is 0 Å². The van der Waals surface area contributed by atoms with Crippen LogP contribution in [0.5, 0.6) is 0 Å². The molecule has 5 heteroatoms. The second kappa shape index (κ2) is 6.61. The smallest absolute Gasteiger partial charge is 0.338 e. The molecule has 17 heavy (non-hydrogen) atoms. The lowest BCUT2D eigenvalue weighted by molar-refractivity contribution is 0.0692. The third kappa shape index (κ3) is 4.36. The molecule has 94 valence electrons. The molecule has 1 aromatic rings. The van der Waals surface area contributed by atoms with Crippen molar-refractivity contribution >= 4 is 17.7 Å². The Labute approximate surface area is 104 Å². The second-order valence-corrected chi connectivity index (χ2v) is 5.01. The number of benzene rings is 1. The fourth-order valence-electron chi connectivity index (χ4n) is 1.27. The quantitative estimate of drug-likeness (QED) is 0.821. The zero-order valence-corrected chi connectivity index (χ0v) is 10.5. The summed E-state index contributed by atoms with van der Waals surface area (Å²) < 4.78 is 13.3. The standard InChI is InChI=1S/C12H16FNO2S/c1-8(5-14)6-17-7-9-2-3-10(12(15)16)11(13)4-9/h2-4,8H,5-7,14H2,1H3,(H,15,16). The first kappa shape index (κ1) is 14.0. The molecule has 0 aromatic heterocycles. The minimum atomic E-state index is -1.24. The number of hydrogen-bond donors (Lipinski definition) is 2. The van der Waals surface area contributed by atoms with Gasteiger partial charge in [0, 0.05) is 5.75 Å². The Hall–Kier alpha value is -1.07. The van der Waals surface area contributed by atoms with E-state index in [1.807, 2.05) is 0 Å². The van der Waals surface area contributed by atoms with E-state index < -0.39 is 11.8 Å². The molecule has 1 aromatic carbocycles. The molecule has 0 spiro atoms. The van der Waals surface area contributed by atoms with Gasteiger partial charge in [0.05, 0.1) is 5.56 Å². The van der Waals surface area contributed by atoms with Crippen LogP contribution in [0.1, 0.15) is 22.8 Å². The summed E-state index contributed by atoms with van der Waals surface area (Å²) in [5, 5.41) is 8.68. The average molecular weight is 257 g/mol. The van der Waals surface area contributed by atoms with E-state index in [0.717, 1.165) is 11.3 Å². The van der Waals surface area contributed by atoms with Crippen LogP contribution in [0.3, 0.4) is 0 Å². The highest BCUT2D eigenvalue weighted by molar-refractivity contribution is 7.98. The van der Waals surface area contributed by atoms with Gasteiger partial charge in [-0.15, -0.1) is 0 Å². The summed E-state index contributed by atoms with van der Waals surface area (Å²) in [4.78, 5) is 10.6. The van der Waals surface area contributed by atoms with Gasteiger partial charge in [0.15, 0.2) is 0 Å². The highest BCUT2D eigenvalue weighted by Crippen LogP contribution is 2.17. The SMILES string of the molecule is CC(CN)CSCc1ccc(C(=O)O)c(F)c1. The van der Waals surface area contributed by atoms with Crippen molar-refractivity contribution in [1.29, 1.82) is 0 Å². The lowest BCUT2D eigenvalue weighted by Gasteiger charge is -2.08. The number of carboxylic acids is 1. The van der Waals surface area contributed by atoms with Gasteiger partial charge in [0.2, 0.25) is 0 Å². The highest BCUT2D eigenvalue weighted by Gasteiger charge is 2.10. The fourth-order valence-corrected chi connectivity index (χ4v) is 2.34. The predicted octanol–water partition coefficient (Wildman–Crippen LogP) is 2.35. The first-order chi connectivity index (χ1) is 8.04. The molecular weight excluding hydrogens is 241 g/mol. The summed E-state index contributed by atoms with van der Waals surface area (Å²) in [5.41, 5.74) is 6.00. The largest absolute Gasteiger partial charge is 0.478 e. The number of carboxylic acid groups (broad SMARTS) is 1. The number of carbonyl (C=O) groups is 1. The normalized spacial score (nSPS) is 12.4. The van der Waals surface area contributed by atoms with Gasteiger partial charge in [0.25, 0.3) is 0 Å². The van der Waals surface area contributed by atoms with Crippen LogP contribution in [0, 0.1) is 11.7 Å². The lowest BCUT2D eigenvalue weighted by atomic mass is 10.1. The molecule has 1 unspecified atom stereocenters. The van der Waals surface area contributed by atoms with Crippen molar-refractivity contribution < 1.29 is 14.3 Å². The van der Waals surface area contributed by atoms with Crippen LogP contribution < -0.4 is 5.73 Å². The summed E-state index contributed by atoms with van der Waals surface area (Å²) >= 11 is 1.67. The molecule has 0 bridgehead atoms. The van der Waals surface area contributed by atoms with Gasteiger partial charge >= 0.3 is 5.97 Å². The van der Waals surface area contributed by atoms with Gasteiger partial charge in [0.1, 0.15) is 5.82 Å². The molecule has 0 amide bonds. The van der Waals surface area contributed by atoms with Crippen molar-refractivity contribution in [2.45, 2.75) is 12.7 Å². The second-order valence-electron chi connectivity index (χ2n) is 3.98. The van der Waals surface area contributed by atoms with Gasteiger partial charge in [-0.3, -0.25) is 0 Å². The number of thioether (sulfide) groups is 1. The number of rotatable bonds is 6. The monoisotopic (exact) mass is 257 g/mol. The van der Waals surface area contributed by atoms with Crippen molar-refractivity contribution in [3.05, 3.63) is 35.1 Å². The summed E-state index contributed by atoms with van der Waals surface area (Å²) in [6.07, 6.45) is 0. The van der Waals surface area contributed by atoms with E-state index in [2.05, 4.69) is 6.92 Å². The third-order valence-electron chi connectivity index (χ3n) is 2.34. The average Bonchev–Trinajstić information content (AvgIpc) is 2.28. The molecule has 0 saturated carbocycles. The molecule has 1 atom stereocenters. The van der Waals surface area contributed by atoms with E-state index in [4.69, 9.17) is 10.8 Å². The van der Waals surface area contributed by atoms with E-state index in [0.29, 0.717) is 18.2 Å². The highest BCUT2D eigenvalue weighted by atomic mass is 32.2. The van der Waals surface area contributed by atoms with Crippen LogP contribution >= 0.6 is 11.8 Å². The Morgan fingerprint density at radius 1 is 1.59 bits per heavy atom. The molecule has 3 N–H and O–H groups in total. The van der Waals surface area contributed by atoms with Crippen LogP contribution in [-0.4, -0.2) is 23.4 Å². The maximum Gasteiger partial charge on any atom is 0.338 e. The van der Waals surface area contributed by atoms with E-state index in [-0.39, 0.29) is 5.56 Å². The summed E-state index contributed by atoms with van der Waals surface area (Å²) in [7, 11) is 0. The maximum absolute atomic E-state index is 13.3. The number of halogens is 1. The molecule has 3 nitrogen and oxygen atoms in total. The van der Waals surface area contributed by atoms with Gasteiger partial charge in [-0.1, -0.05) is 13.0 Å². The summed E-state index contributed by atoms with van der Waals surface area (Å²) in [6, 6.07) is 4.23. The molecule has 1 rings (SSSR count). The van der Waals surface area contributed by atoms with Crippen molar-refractivity contribution in [2.24, 2.45) is 11.7 Å². The zero-order chi connectivity index (χ0) is 12.8. The van der Waals surface area contributed by atoms with Gasteiger partial charge < -0.3 is 10.8 Å². The number of aromatic carboxylic acids is 1. The van der Waals surface area contributed by atoms with E-state index in [1.54, 1.807) is 17.8 Å². The molecular formula is C12H16FNO2S. The Morgan fingerprint density at radius 2 is 2.29 bits per heavy atom. The lowest BCUT2D eigenvalue weighted by Crippen LogP contribution is -2.12. The minimum absolute atomic E-state index is 0.283. The molecule has 0 heterocycles. The Balaban J connectivity index is 2.56. The summed E-state index contributed by atoms with van der Waals surface area (Å²) in [6.45, 7) is 2.69. The van der Waals surface area contributed by atoms with E-state index >= 15 is 0 Å². The van der Waals surface area contributed by atoms with Crippen molar-refractivity contribution in [2.75, 3.05) is 12.3 Å². The van der Waals surface area contributed by atoms with Crippen LogP contribution in [0.4, 0.5) is 4.39 Å². The molecule has 0 radical (unpaired) electrons. The first-order valence-electron chi connectivity index (χ1n) is 5.34. The predicted molar refractivity (Wildman–Crippen MR) is 67.7 cm³/mol. The molecule has 0 aliphatic rings. The van der Waals surface area contributed by atoms with Crippen LogP contribution in [-0.2, 0) is 5.75 Å². The Kier molecular flexibility index (Phi) is 5.44. The molecule has 0 saturated heterocycles. The molecule has 0 aliphatic heterocycles. The summed E-state index contributed by atoms with van der Waals surface area (Å²) in [5.74, 6) is 0.101. The van der Waals surface area contributed by atoms with Crippen LogP contribution in [0.25, 0.3) is 0 Å². The number of hydrogen-bond acceptors (Lipinski definition) is 3. The topological polar surface area (TPSA) is 63.3 Å². The van der Waals surface area contributed by atoms with E-state index in [9.17, 15) is 9.18 Å². The van der Waals surface area contributed by atoms with Crippen LogP contribution in [0.15, 0.2) is 18.2 Å². The fraction of sp³-hybridized carbons (Fsp3) is 0.417. The van der Waals surface area contributed by atoms with Gasteiger partial charge in [-0.05, 0) is 35.9 Å². The Bertz CT molecular complexity index is 398. The number of nitrogens with two attached hydrogens (primary N) is 1. The maximum atomic E-state index is 13.3. The van der Waals surface area contributed by atoms with Crippen molar-refractivity contribution in [1.82, 2.24) is 0 Å². The van der Waals surface area contributed by atoms with E-state index in [1.165, 1.54) is 12.1 Å². The molecule has 0 aliphatic carbocycles.